The molecule has 1 N–H and O–H groups in total. The standard InChI is InChI=1S/C11H13N3O4/c1-6(15)7-5-12-11(18)14(9(7)16)8-3-4-13(2)10(8)17/h5,8H,3-4H2,1-2H3,(H,12,18). The van der Waals surface area contributed by atoms with E-state index in [1.165, 1.54) is 11.8 Å². The van der Waals surface area contributed by atoms with Crippen LogP contribution in [-0.4, -0.2) is 39.7 Å². The third-order valence-electron chi connectivity index (χ3n) is 3.10. The van der Waals surface area contributed by atoms with Crippen LogP contribution in [0.2, 0.25) is 0 Å². The van der Waals surface area contributed by atoms with Crippen molar-refractivity contribution in [3.8, 4) is 0 Å². The first-order valence-corrected chi connectivity index (χ1v) is 5.53. The summed E-state index contributed by atoms with van der Waals surface area (Å²) in [5, 5.41) is 0. The topological polar surface area (TPSA) is 92.2 Å². The molecule has 7 heteroatoms. The van der Waals surface area contributed by atoms with Gasteiger partial charge in [-0.1, -0.05) is 0 Å². The van der Waals surface area contributed by atoms with E-state index < -0.39 is 23.1 Å². The van der Waals surface area contributed by atoms with Gasteiger partial charge in [-0.3, -0.25) is 14.4 Å². The second kappa shape index (κ2) is 4.25. The van der Waals surface area contributed by atoms with Gasteiger partial charge >= 0.3 is 5.69 Å². The number of likely N-dealkylation sites (N-methyl/N-ethyl adjacent to an activating group) is 1. The van der Waals surface area contributed by atoms with Crippen LogP contribution >= 0.6 is 0 Å². The molecule has 1 aliphatic rings. The summed E-state index contributed by atoms with van der Waals surface area (Å²) in [5.74, 6) is -0.730. The minimum atomic E-state index is -0.814. The fraction of sp³-hybridized carbons (Fsp3) is 0.455. The van der Waals surface area contributed by atoms with Crippen LogP contribution in [0.4, 0.5) is 0 Å². The number of hydrogen-bond donors (Lipinski definition) is 1. The quantitative estimate of drug-likeness (QED) is 0.692. The van der Waals surface area contributed by atoms with E-state index in [1.54, 1.807) is 7.05 Å². The van der Waals surface area contributed by atoms with E-state index in [2.05, 4.69) is 4.98 Å². The average Bonchev–Trinajstić information content (AvgIpc) is 2.61. The van der Waals surface area contributed by atoms with Gasteiger partial charge in [0.25, 0.3) is 5.56 Å². The number of aromatic amines is 1. The summed E-state index contributed by atoms with van der Waals surface area (Å²) < 4.78 is 0.836. The number of carbonyl (C=O) groups excluding carboxylic acids is 2. The molecule has 1 aliphatic heterocycles. The number of nitrogens with one attached hydrogen (secondary N) is 1. The molecule has 1 aromatic heterocycles. The molecule has 0 radical (unpaired) electrons. The number of rotatable bonds is 2. The highest BCUT2D eigenvalue weighted by molar-refractivity contribution is 5.93. The van der Waals surface area contributed by atoms with Crippen molar-refractivity contribution in [1.29, 1.82) is 0 Å². The molecule has 1 aromatic rings. The third kappa shape index (κ3) is 1.77. The number of hydrogen-bond acceptors (Lipinski definition) is 4. The average molecular weight is 251 g/mol. The highest BCUT2D eigenvalue weighted by Gasteiger charge is 2.33. The van der Waals surface area contributed by atoms with Crippen LogP contribution in [0.5, 0.6) is 0 Å². The van der Waals surface area contributed by atoms with Gasteiger partial charge in [-0.15, -0.1) is 0 Å². The van der Waals surface area contributed by atoms with Crippen molar-refractivity contribution in [1.82, 2.24) is 14.5 Å². The molecule has 0 bridgehead atoms. The normalized spacial score (nSPS) is 19.3. The van der Waals surface area contributed by atoms with Crippen molar-refractivity contribution in [2.75, 3.05) is 13.6 Å². The summed E-state index contributed by atoms with van der Waals surface area (Å²) in [7, 11) is 1.61. The molecule has 1 unspecified atom stereocenters. The van der Waals surface area contributed by atoms with Gasteiger partial charge in [-0.05, 0) is 13.3 Å². The molecular formula is C11H13N3O4. The predicted molar refractivity (Wildman–Crippen MR) is 62.6 cm³/mol. The Morgan fingerprint density at radius 1 is 1.39 bits per heavy atom. The molecule has 1 saturated heterocycles. The third-order valence-corrected chi connectivity index (χ3v) is 3.10. The minimum Gasteiger partial charge on any atom is -0.344 e. The molecule has 0 aliphatic carbocycles. The molecule has 1 fully saturated rings. The molecule has 1 amide bonds. The maximum Gasteiger partial charge on any atom is 0.329 e. The van der Waals surface area contributed by atoms with Crippen molar-refractivity contribution in [3.63, 3.8) is 0 Å². The SMILES string of the molecule is CC(=O)c1c[nH]c(=O)n(C2CCN(C)C2=O)c1=O. The van der Waals surface area contributed by atoms with Crippen LogP contribution in [0.3, 0.4) is 0 Å². The van der Waals surface area contributed by atoms with Crippen molar-refractivity contribution in [2.24, 2.45) is 0 Å². The molecule has 2 heterocycles. The smallest absolute Gasteiger partial charge is 0.329 e. The van der Waals surface area contributed by atoms with E-state index in [0.717, 1.165) is 10.8 Å². The van der Waals surface area contributed by atoms with Crippen LogP contribution < -0.4 is 11.2 Å². The Kier molecular flexibility index (Phi) is 2.90. The highest BCUT2D eigenvalue weighted by atomic mass is 16.2. The largest absolute Gasteiger partial charge is 0.344 e. The Hall–Kier alpha value is -2.18. The number of ketones is 1. The van der Waals surface area contributed by atoms with Gasteiger partial charge in [0.15, 0.2) is 5.78 Å². The Bertz CT molecular complexity index is 628. The second-order valence-corrected chi connectivity index (χ2v) is 4.30. The van der Waals surface area contributed by atoms with Crippen LogP contribution in [0.25, 0.3) is 0 Å². The molecular weight excluding hydrogens is 238 g/mol. The predicted octanol–water partition coefficient (Wildman–Crippen LogP) is -0.858. The van der Waals surface area contributed by atoms with Gasteiger partial charge in [0, 0.05) is 19.8 Å². The van der Waals surface area contributed by atoms with Crippen LogP contribution in [0, 0.1) is 0 Å². The van der Waals surface area contributed by atoms with Crippen LogP contribution in [-0.2, 0) is 4.79 Å². The molecule has 7 nitrogen and oxygen atoms in total. The van der Waals surface area contributed by atoms with Gasteiger partial charge < -0.3 is 9.88 Å². The zero-order valence-electron chi connectivity index (χ0n) is 10.1. The summed E-state index contributed by atoms with van der Waals surface area (Å²) in [5.41, 5.74) is -1.49. The number of aromatic nitrogens is 2. The van der Waals surface area contributed by atoms with Gasteiger partial charge in [0.05, 0.1) is 5.56 Å². The summed E-state index contributed by atoms with van der Waals surface area (Å²) in [6.07, 6.45) is 1.48. The minimum absolute atomic E-state index is 0.114. The van der Waals surface area contributed by atoms with Gasteiger partial charge in [-0.2, -0.15) is 0 Å². The van der Waals surface area contributed by atoms with Crippen LogP contribution in [0.15, 0.2) is 15.8 Å². The fourth-order valence-corrected chi connectivity index (χ4v) is 2.07. The van der Waals surface area contributed by atoms with Crippen molar-refractivity contribution < 1.29 is 9.59 Å². The van der Waals surface area contributed by atoms with Gasteiger partial charge in [-0.25, -0.2) is 9.36 Å². The summed E-state index contributed by atoms with van der Waals surface area (Å²) in [6.45, 7) is 1.72. The summed E-state index contributed by atoms with van der Waals surface area (Å²) in [6, 6.07) is -0.814. The maximum atomic E-state index is 12.0. The van der Waals surface area contributed by atoms with E-state index in [4.69, 9.17) is 0 Å². The number of nitrogens with zero attached hydrogens (tertiary/aromatic N) is 2. The first kappa shape index (κ1) is 12.3. The highest BCUT2D eigenvalue weighted by Crippen LogP contribution is 2.18. The number of Topliss-reactive ketones (excluding diaryl/α,β-unsaturated/α-hetero) is 1. The fourth-order valence-electron chi connectivity index (χ4n) is 2.07. The molecule has 0 aromatic carbocycles. The lowest BCUT2D eigenvalue weighted by Gasteiger charge is -2.12. The molecule has 0 saturated carbocycles. The van der Waals surface area contributed by atoms with E-state index in [-0.39, 0.29) is 11.5 Å². The van der Waals surface area contributed by atoms with Crippen molar-refractivity contribution >= 4 is 11.7 Å². The van der Waals surface area contributed by atoms with Crippen molar-refractivity contribution in [3.05, 3.63) is 32.6 Å². The number of likely N-dealkylation sites (tertiary alicyclic amines) is 1. The lowest BCUT2D eigenvalue weighted by atomic mass is 10.2. The number of amides is 1. The summed E-state index contributed by atoms with van der Waals surface area (Å²) >= 11 is 0. The Balaban J connectivity index is 2.61. The zero-order chi connectivity index (χ0) is 13.4. The lowest BCUT2D eigenvalue weighted by Crippen LogP contribution is -2.42. The second-order valence-electron chi connectivity index (χ2n) is 4.30. The first-order valence-electron chi connectivity index (χ1n) is 5.53. The Morgan fingerprint density at radius 2 is 2.06 bits per heavy atom. The van der Waals surface area contributed by atoms with E-state index in [0.29, 0.717) is 13.0 Å². The molecule has 2 rings (SSSR count). The first-order chi connectivity index (χ1) is 8.43. The molecule has 96 valence electrons. The number of H-pyrrole nitrogens is 1. The van der Waals surface area contributed by atoms with E-state index in [9.17, 15) is 19.2 Å². The summed E-state index contributed by atoms with van der Waals surface area (Å²) in [4.78, 5) is 50.6. The number of carbonyl (C=O) groups is 2. The zero-order valence-corrected chi connectivity index (χ0v) is 10.1. The van der Waals surface area contributed by atoms with E-state index in [1.807, 2.05) is 0 Å². The molecule has 1 atom stereocenters. The van der Waals surface area contributed by atoms with Crippen molar-refractivity contribution in [2.45, 2.75) is 19.4 Å². The Labute approximate surface area is 102 Å². The molecule has 18 heavy (non-hydrogen) atoms. The van der Waals surface area contributed by atoms with Gasteiger partial charge in [0.1, 0.15) is 6.04 Å². The van der Waals surface area contributed by atoms with Crippen LogP contribution in [0.1, 0.15) is 29.7 Å². The monoisotopic (exact) mass is 251 g/mol. The maximum absolute atomic E-state index is 12.0. The van der Waals surface area contributed by atoms with E-state index >= 15 is 0 Å². The molecule has 0 spiro atoms. The van der Waals surface area contributed by atoms with Gasteiger partial charge in [0.2, 0.25) is 5.91 Å². The Morgan fingerprint density at radius 3 is 2.56 bits per heavy atom. The lowest BCUT2D eigenvalue weighted by molar-refractivity contribution is -0.129.